The Bertz CT molecular complexity index is 707. The third-order valence-corrected chi connectivity index (χ3v) is 4.49. The fourth-order valence-corrected chi connectivity index (χ4v) is 3.34. The molecule has 1 aliphatic rings. The van der Waals surface area contributed by atoms with Gasteiger partial charge in [-0.15, -0.1) is 0 Å². The molecule has 3 nitrogen and oxygen atoms in total. The summed E-state index contributed by atoms with van der Waals surface area (Å²) in [7, 11) is 0. The van der Waals surface area contributed by atoms with Crippen LogP contribution in [0.2, 0.25) is 0 Å². The van der Waals surface area contributed by atoms with E-state index in [4.69, 9.17) is 10.1 Å². The van der Waals surface area contributed by atoms with E-state index in [0.717, 1.165) is 16.3 Å². The molecule has 0 radical (unpaired) electrons. The molecule has 18 heavy (non-hydrogen) atoms. The minimum atomic E-state index is 0.705. The van der Waals surface area contributed by atoms with Crippen molar-refractivity contribution in [1.29, 1.82) is 0 Å². The van der Waals surface area contributed by atoms with Gasteiger partial charge in [0, 0.05) is 11.5 Å². The molecular formula is C14H13N3S. The summed E-state index contributed by atoms with van der Waals surface area (Å²) < 4.78 is 2.00. The van der Waals surface area contributed by atoms with Crippen molar-refractivity contribution in [2.45, 2.75) is 25.7 Å². The van der Waals surface area contributed by atoms with Crippen LogP contribution >= 0.6 is 11.3 Å². The van der Waals surface area contributed by atoms with E-state index in [1.165, 1.54) is 23.4 Å². The molecule has 2 heterocycles. The van der Waals surface area contributed by atoms with Crippen LogP contribution in [0.25, 0.3) is 16.2 Å². The highest BCUT2D eigenvalue weighted by Crippen LogP contribution is 2.42. The smallest absolute Gasteiger partial charge is 0.212 e. The molecule has 0 unspecified atom stereocenters. The van der Waals surface area contributed by atoms with Crippen LogP contribution in [-0.2, 0) is 0 Å². The van der Waals surface area contributed by atoms with Crippen molar-refractivity contribution in [1.82, 2.24) is 14.6 Å². The number of hydrogen-bond donors (Lipinski definition) is 0. The molecule has 0 spiro atoms. The first-order valence-corrected chi connectivity index (χ1v) is 7.06. The number of imidazole rings is 1. The van der Waals surface area contributed by atoms with Crippen LogP contribution in [0.1, 0.15) is 29.5 Å². The number of fused-ring (bicyclic) bond motifs is 1. The number of aromatic nitrogens is 3. The van der Waals surface area contributed by atoms with Crippen LogP contribution in [0.5, 0.6) is 0 Å². The maximum Gasteiger partial charge on any atom is 0.212 e. The van der Waals surface area contributed by atoms with Gasteiger partial charge >= 0.3 is 0 Å². The van der Waals surface area contributed by atoms with E-state index >= 15 is 0 Å². The number of rotatable bonds is 2. The van der Waals surface area contributed by atoms with Gasteiger partial charge in [0.2, 0.25) is 4.96 Å². The average molecular weight is 255 g/mol. The molecule has 0 atom stereocenters. The maximum atomic E-state index is 4.73. The summed E-state index contributed by atoms with van der Waals surface area (Å²) in [4.78, 5) is 5.75. The van der Waals surface area contributed by atoms with Gasteiger partial charge in [0.25, 0.3) is 0 Å². The minimum absolute atomic E-state index is 0.705. The van der Waals surface area contributed by atoms with Gasteiger partial charge in [0.15, 0.2) is 0 Å². The van der Waals surface area contributed by atoms with Gasteiger partial charge in [-0.1, -0.05) is 41.7 Å². The SMILES string of the molecule is Cc1c(-c2ccccc2)nc2sc(C3CC3)nn12. The van der Waals surface area contributed by atoms with E-state index in [-0.39, 0.29) is 0 Å². The second kappa shape index (κ2) is 3.65. The predicted octanol–water partition coefficient (Wildman–Crippen LogP) is 3.64. The molecule has 90 valence electrons. The Balaban J connectivity index is 1.87. The summed E-state index contributed by atoms with van der Waals surface area (Å²) in [6.45, 7) is 2.10. The molecule has 1 aromatic carbocycles. The first kappa shape index (κ1) is 10.3. The van der Waals surface area contributed by atoms with Gasteiger partial charge in [-0.2, -0.15) is 5.10 Å². The van der Waals surface area contributed by atoms with E-state index in [1.54, 1.807) is 11.3 Å². The van der Waals surface area contributed by atoms with E-state index in [0.29, 0.717) is 5.92 Å². The summed E-state index contributed by atoms with van der Waals surface area (Å²) in [5, 5.41) is 5.94. The number of benzene rings is 1. The quantitative estimate of drug-likeness (QED) is 0.699. The summed E-state index contributed by atoms with van der Waals surface area (Å²) >= 11 is 1.74. The normalized spacial score (nSPS) is 15.4. The zero-order valence-electron chi connectivity index (χ0n) is 10.1. The fraction of sp³-hybridized carbons (Fsp3) is 0.286. The lowest BCUT2D eigenvalue weighted by Crippen LogP contribution is -1.90. The first-order chi connectivity index (χ1) is 8.83. The van der Waals surface area contributed by atoms with E-state index < -0.39 is 0 Å². The summed E-state index contributed by atoms with van der Waals surface area (Å²) in [6.07, 6.45) is 2.59. The summed E-state index contributed by atoms with van der Waals surface area (Å²) in [5.41, 5.74) is 3.36. The second-order valence-electron chi connectivity index (χ2n) is 4.82. The van der Waals surface area contributed by atoms with Crippen LogP contribution in [0.15, 0.2) is 30.3 Å². The van der Waals surface area contributed by atoms with Gasteiger partial charge in [0.1, 0.15) is 5.01 Å². The molecule has 4 rings (SSSR count). The molecule has 0 aliphatic heterocycles. The molecule has 4 heteroatoms. The van der Waals surface area contributed by atoms with Gasteiger partial charge in [0.05, 0.1) is 11.4 Å². The minimum Gasteiger partial charge on any atom is -0.217 e. The van der Waals surface area contributed by atoms with Crippen molar-refractivity contribution >= 4 is 16.3 Å². The topological polar surface area (TPSA) is 30.2 Å². The molecule has 0 amide bonds. The highest BCUT2D eigenvalue weighted by atomic mass is 32.1. The average Bonchev–Trinajstić information content (AvgIpc) is 3.10. The molecule has 0 N–H and O–H groups in total. The Hall–Kier alpha value is -1.68. The van der Waals surface area contributed by atoms with E-state index in [1.807, 2.05) is 22.7 Å². The zero-order chi connectivity index (χ0) is 12.1. The Morgan fingerprint density at radius 2 is 2.00 bits per heavy atom. The highest BCUT2D eigenvalue weighted by Gasteiger charge is 2.28. The standard InChI is InChI=1S/C14H13N3S/c1-9-12(10-5-3-2-4-6-10)15-14-17(9)16-13(18-14)11-7-8-11/h2-6,11H,7-8H2,1H3. The van der Waals surface area contributed by atoms with Crippen molar-refractivity contribution < 1.29 is 0 Å². The Morgan fingerprint density at radius 1 is 1.22 bits per heavy atom. The van der Waals surface area contributed by atoms with Crippen LogP contribution in [0.4, 0.5) is 0 Å². The first-order valence-electron chi connectivity index (χ1n) is 6.24. The van der Waals surface area contributed by atoms with Crippen LogP contribution in [0, 0.1) is 6.92 Å². The Labute approximate surface area is 109 Å². The molecule has 1 saturated carbocycles. The molecule has 3 aromatic rings. The number of aryl methyl sites for hydroxylation is 1. The summed E-state index contributed by atoms with van der Waals surface area (Å²) in [6, 6.07) is 10.3. The summed E-state index contributed by atoms with van der Waals surface area (Å²) in [5.74, 6) is 0.705. The lowest BCUT2D eigenvalue weighted by atomic mass is 10.1. The van der Waals surface area contributed by atoms with Crippen molar-refractivity contribution in [3.63, 3.8) is 0 Å². The van der Waals surface area contributed by atoms with Crippen LogP contribution < -0.4 is 0 Å². The largest absolute Gasteiger partial charge is 0.217 e. The van der Waals surface area contributed by atoms with Crippen LogP contribution in [-0.4, -0.2) is 14.6 Å². The Kier molecular flexibility index (Phi) is 2.08. The molecular weight excluding hydrogens is 242 g/mol. The molecule has 1 fully saturated rings. The number of nitrogens with zero attached hydrogens (tertiary/aromatic N) is 3. The van der Waals surface area contributed by atoms with Crippen LogP contribution in [0.3, 0.4) is 0 Å². The van der Waals surface area contributed by atoms with Gasteiger partial charge < -0.3 is 0 Å². The second-order valence-corrected chi connectivity index (χ2v) is 5.81. The third kappa shape index (κ3) is 1.49. The zero-order valence-corrected chi connectivity index (χ0v) is 10.9. The third-order valence-electron chi connectivity index (χ3n) is 3.42. The van der Waals surface area contributed by atoms with Crippen molar-refractivity contribution in [2.75, 3.05) is 0 Å². The number of hydrogen-bond acceptors (Lipinski definition) is 3. The maximum absolute atomic E-state index is 4.73. The lowest BCUT2D eigenvalue weighted by Gasteiger charge is -1.97. The van der Waals surface area contributed by atoms with Gasteiger partial charge in [-0.3, -0.25) is 0 Å². The molecule has 0 saturated heterocycles. The highest BCUT2D eigenvalue weighted by molar-refractivity contribution is 7.16. The fourth-order valence-electron chi connectivity index (χ4n) is 2.23. The molecule has 1 aliphatic carbocycles. The predicted molar refractivity (Wildman–Crippen MR) is 73.0 cm³/mol. The van der Waals surface area contributed by atoms with Gasteiger partial charge in [-0.05, 0) is 19.8 Å². The van der Waals surface area contributed by atoms with E-state index in [9.17, 15) is 0 Å². The monoisotopic (exact) mass is 255 g/mol. The molecule has 2 aromatic heterocycles. The van der Waals surface area contributed by atoms with Crippen molar-refractivity contribution in [3.8, 4) is 11.3 Å². The Morgan fingerprint density at radius 3 is 2.67 bits per heavy atom. The molecule has 0 bridgehead atoms. The van der Waals surface area contributed by atoms with Crippen molar-refractivity contribution in [2.24, 2.45) is 0 Å². The van der Waals surface area contributed by atoms with E-state index in [2.05, 4.69) is 19.1 Å². The van der Waals surface area contributed by atoms with Gasteiger partial charge in [-0.25, -0.2) is 9.50 Å². The lowest BCUT2D eigenvalue weighted by molar-refractivity contribution is 0.877. The van der Waals surface area contributed by atoms with Crippen molar-refractivity contribution in [3.05, 3.63) is 41.0 Å².